The highest BCUT2D eigenvalue weighted by atomic mass is 16.4. The van der Waals surface area contributed by atoms with Crippen molar-refractivity contribution in [1.82, 2.24) is 5.32 Å². The fraction of sp³-hybridized carbons (Fsp3) is 0.500. The Morgan fingerprint density at radius 2 is 1.75 bits per heavy atom. The van der Waals surface area contributed by atoms with Crippen LogP contribution in [-0.4, -0.2) is 23.5 Å². The number of hydrogen-bond acceptors (Lipinski definition) is 2. The van der Waals surface area contributed by atoms with Gasteiger partial charge in [-0.3, -0.25) is 9.59 Å². The maximum Gasteiger partial charge on any atom is 0.310 e. The zero-order valence-corrected chi connectivity index (χ0v) is 12.5. The smallest absolute Gasteiger partial charge is 0.310 e. The van der Waals surface area contributed by atoms with E-state index in [-0.39, 0.29) is 24.3 Å². The molecule has 1 aromatic rings. The van der Waals surface area contributed by atoms with E-state index >= 15 is 0 Å². The Labute approximate surface area is 120 Å². The third kappa shape index (κ3) is 4.08. The standard InChI is InChI=1S/C16H23NO3/c1-11(2)13(12-8-6-5-7-9-12)14(18)17-10-16(3,4)15(19)20/h5-9,11,13H,10H2,1-4H3,(H,17,18)(H,19,20). The summed E-state index contributed by atoms with van der Waals surface area (Å²) >= 11 is 0. The first-order valence-electron chi connectivity index (χ1n) is 6.82. The first-order valence-corrected chi connectivity index (χ1v) is 6.82. The summed E-state index contributed by atoms with van der Waals surface area (Å²) in [7, 11) is 0. The Hall–Kier alpha value is -1.84. The molecule has 0 heterocycles. The molecule has 0 saturated carbocycles. The zero-order valence-electron chi connectivity index (χ0n) is 12.5. The highest BCUT2D eigenvalue weighted by Crippen LogP contribution is 2.25. The maximum atomic E-state index is 12.4. The number of carbonyl (C=O) groups excluding carboxylic acids is 1. The van der Waals surface area contributed by atoms with Crippen LogP contribution in [0.2, 0.25) is 0 Å². The molecule has 110 valence electrons. The van der Waals surface area contributed by atoms with Crippen LogP contribution in [0.15, 0.2) is 30.3 Å². The van der Waals surface area contributed by atoms with Crippen LogP contribution in [0.1, 0.15) is 39.2 Å². The van der Waals surface area contributed by atoms with E-state index in [9.17, 15) is 9.59 Å². The second kappa shape index (κ2) is 6.55. The summed E-state index contributed by atoms with van der Waals surface area (Å²) in [6.07, 6.45) is 0. The van der Waals surface area contributed by atoms with E-state index in [1.807, 2.05) is 44.2 Å². The third-order valence-electron chi connectivity index (χ3n) is 3.39. The van der Waals surface area contributed by atoms with Crippen LogP contribution in [-0.2, 0) is 9.59 Å². The lowest BCUT2D eigenvalue weighted by atomic mass is 9.87. The quantitative estimate of drug-likeness (QED) is 0.840. The SMILES string of the molecule is CC(C)C(C(=O)NCC(C)(C)C(=O)O)c1ccccc1. The zero-order chi connectivity index (χ0) is 15.3. The number of carboxylic acids is 1. The van der Waals surface area contributed by atoms with Crippen LogP contribution in [0.4, 0.5) is 0 Å². The van der Waals surface area contributed by atoms with Gasteiger partial charge < -0.3 is 10.4 Å². The molecule has 0 aliphatic heterocycles. The molecule has 0 bridgehead atoms. The van der Waals surface area contributed by atoms with Crippen molar-refractivity contribution in [3.8, 4) is 0 Å². The average Bonchev–Trinajstić information content (AvgIpc) is 2.37. The van der Waals surface area contributed by atoms with Crippen LogP contribution in [0, 0.1) is 11.3 Å². The molecule has 0 aliphatic rings. The Bertz CT molecular complexity index is 466. The van der Waals surface area contributed by atoms with E-state index in [0.29, 0.717) is 0 Å². The molecule has 0 radical (unpaired) electrons. The van der Waals surface area contributed by atoms with Crippen molar-refractivity contribution < 1.29 is 14.7 Å². The van der Waals surface area contributed by atoms with Gasteiger partial charge >= 0.3 is 5.97 Å². The first kappa shape index (κ1) is 16.2. The molecular formula is C16H23NO3. The number of carboxylic acid groups (broad SMARTS) is 1. The van der Waals surface area contributed by atoms with Crippen molar-refractivity contribution in [2.24, 2.45) is 11.3 Å². The van der Waals surface area contributed by atoms with E-state index in [1.54, 1.807) is 13.8 Å². The molecule has 1 aromatic carbocycles. The summed E-state index contributed by atoms with van der Waals surface area (Å²) in [5.41, 5.74) is -0.0124. The minimum atomic E-state index is -0.964. The second-order valence-corrected chi connectivity index (χ2v) is 6.04. The molecule has 0 saturated heterocycles. The lowest BCUT2D eigenvalue weighted by molar-refractivity contribution is -0.146. The van der Waals surface area contributed by atoms with Crippen molar-refractivity contribution in [2.45, 2.75) is 33.6 Å². The molecule has 0 aliphatic carbocycles. The van der Waals surface area contributed by atoms with Gasteiger partial charge in [-0.05, 0) is 25.3 Å². The number of hydrogen-bond donors (Lipinski definition) is 2. The van der Waals surface area contributed by atoms with Gasteiger partial charge in [-0.25, -0.2) is 0 Å². The molecule has 4 heteroatoms. The highest BCUT2D eigenvalue weighted by molar-refractivity contribution is 5.84. The van der Waals surface area contributed by atoms with E-state index < -0.39 is 11.4 Å². The van der Waals surface area contributed by atoms with Crippen molar-refractivity contribution in [1.29, 1.82) is 0 Å². The van der Waals surface area contributed by atoms with Gasteiger partial charge in [0.2, 0.25) is 5.91 Å². The average molecular weight is 277 g/mol. The van der Waals surface area contributed by atoms with Gasteiger partial charge in [0.1, 0.15) is 0 Å². The van der Waals surface area contributed by atoms with E-state index in [0.717, 1.165) is 5.56 Å². The van der Waals surface area contributed by atoms with Crippen LogP contribution in [0.25, 0.3) is 0 Å². The lowest BCUT2D eigenvalue weighted by Crippen LogP contribution is -2.41. The fourth-order valence-corrected chi connectivity index (χ4v) is 1.99. The summed E-state index contributed by atoms with van der Waals surface area (Å²) in [5, 5.41) is 11.8. The normalized spacial score (nSPS) is 13.1. The summed E-state index contributed by atoms with van der Waals surface area (Å²) in [6.45, 7) is 7.29. The van der Waals surface area contributed by atoms with Crippen LogP contribution < -0.4 is 5.32 Å². The van der Waals surface area contributed by atoms with E-state index in [1.165, 1.54) is 0 Å². The van der Waals surface area contributed by atoms with Crippen molar-refractivity contribution in [2.75, 3.05) is 6.54 Å². The number of carbonyl (C=O) groups is 2. The molecular weight excluding hydrogens is 254 g/mol. The summed E-state index contributed by atoms with van der Waals surface area (Å²) < 4.78 is 0. The van der Waals surface area contributed by atoms with Gasteiger partial charge in [0, 0.05) is 6.54 Å². The number of nitrogens with one attached hydrogen (secondary N) is 1. The summed E-state index contributed by atoms with van der Waals surface area (Å²) in [6, 6.07) is 9.56. The van der Waals surface area contributed by atoms with Crippen molar-refractivity contribution >= 4 is 11.9 Å². The first-order chi connectivity index (χ1) is 9.25. The monoisotopic (exact) mass is 277 g/mol. The molecule has 4 nitrogen and oxygen atoms in total. The minimum absolute atomic E-state index is 0.122. The predicted molar refractivity (Wildman–Crippen MR) is 78.4 cm³/mol. The third-order valence-corrected chi connectivity index (χ3v) is 3.39. The van der Waals surface area contributed by atoms with E-state index in [2.05, 4.69) is 5.32 Å². The van der Waals surface area contributed by atoms with Gasteiger partial charge in [-0.2, -0.15) is 0 Å². The van der Waals surface area contributed by atoms with Crippen LogP contribution in [0.5, 0.6) is 0 Å². The van der Waals surface area contributed by atoms with Crippen LogP contribution in [0.3, 0.4) is 0 Å². The Morgan fingerprint density at radius 1 is 1.20 bits per heavy atom. The molecule has 1 atom stereocenters. The summed E-state index contributed by atoms with van der Waals surface area (Å²) in [4.78, 5) is 23.4. The molecule has 2 N–H and O–H groups in total. The number of amides is 1. The fourth-order valence-electron chi connectivity index (χ4n) is 1.99. The molecule has 20 heavy (non-hydrogen) atoms. The van der Waals surface area contributed by atoms with Gasteiger partial charge in [0.15, 0.2) is 0 Å². The number of benzene rings is 1. The van der Waals surface area contributed by atoms with Crippen LogP contribution >= 0.6 is 0 Å². The molecule has 0 fully saturated rings. The van der Waals surface area contributed by atoms with Gasteiger partial charge in [-0.15, -0.1) is 0 Å². The minimum Gasteiger partial charge on any atom is -0.481 e. The predicted octanol–water partition coefficient (Wildman–Crippen LogP) is 2.65. The Morgan fingerprint density at radius 3 is 2.20 bits per heavy atom. The largest absolute Gasteiger partial charge is 0.481 e. The highest BCUT2D eigenvalue weighted by Gasteiger charge is 2.30. The molecule has 1 amide bonds. The molecule has 0 spiro atoms. The molecule has 1 rings (SSSR count). The molecule has 0 aromatic heterocycles. The molecule has 1 unspecified atom stereocenters. The lowest BCUT2D eigenvalue weighted by Gasteiger charge is -2.24. The van der Waals surface area contributed by atoms with Crippen molar-refractivity contribution in [3.05, 3.63) is 35.9 Å². The van der Waals surface area contributed by atoms with Gasteiger partial charge in [-0.1, -0.05) is 44.2 Å². The Balaban J connectivity index is 2.80. The second-order valence-electron chi connectivity index (χ2n) is 6.04. The topological polar surface area (TPSA) is 66.4 Å². The van der Waals surface area contributed by atoms with E-state index in [4.69, 9.17) is 5.11 Å². The van der Waals surface area contributed by atoms with Gasteiger partial charge in [0.25, 0.3) is 0 Å². The number of rotatable bonds is 6. The Kier molecular flexibility index (Phi) is 5.31. The van der Waals surface area contributed by atoms with Crippen molar-refractivity contribution in [3.63, 3.8) is 0 Å². The maximum absolute atomic E-state index is 12.4. The van der Waals surface area contributed by atoms with Gasteiger partial charge in [0.05, 0.1) is 11.3 Å². The number of aliphatic carboxylic acids is 1. The summed E-state index contributed by atoms with van der Waals surface area (Å²) in [5.74, 6) is -1.16.